The summed E-state index contributed by atoms with van der Waals surface area (Å²) in [5, 5.41) is 14.7. The Labute approximate surface area is 123 Å². The molecule has 3 aromatic rings. The SMILES string of the molecule is O=C(Nc1nc2ccc(O)cc2s1)Nc1ccccc1F. The number of aromatic nitrogens is 1. The van der Waals surface area contributed by atoms with Crippen LogP contribution in [0.2, 0.25) is 0 Å². The number of nitrogens with one attached hydrogen (secondary N) is 2. The molecule has 106 valence electrons. The van der Waals surface area contributed by atoms with Gasteiger partial charge in [-0.25, -0.2) is 14.2 Å². The minimum atomic E-state index is -0.580. The van der Waals surface area contributed by atoms with Gasteiger partial charge in [0.15, 0.2) is 5.13 Å². The van der Waals surface area contributed by atoms with Crippen LogP contribution in [0, 0.1) is 5.82 Å². The topological polar surface area (TPSA) is 74.2 Å². The zero-order chi connectivity index (χ0) is 14.8. The molecule has 21 heavy (non-hydrogen) atoms. The van der Waals surface area contributed by atoms with Gasteiger partial charge in [-0.1, -0.05) is 23.5 Å². The zero-order valence-electron chi connectivity index (χ0n) is 10.6. The number of phenolic OH excluding ortho intramolecular Hbond substituents is 1. The van der Waals surface area contributed by atoms with E-state index in [0.29, 0.717) is 10.6 Å². The standard InChI is InChI=1S/C14H10FN3O2S/c15-9-3-1-2-4-10(9)16-13(20)18-14-17-11-6-5-8(19)7-12(11)21-14/h1-7,19H,(H2,16,17,18,20). The molecule has 0 fully saturated rings. The number of thiazole rings is 1. The van der Waals surface area contributed by atoms with Crippen LogP contribution in [-0.4, -0.2) is 16.1 Å². The summed E-state index contributed by atoms with van der Waals surface area (Å²) in [6, 6.07) is 10.0. The van der Waals surface area contributed by atoms with E-state index in [2.05, 4.69) is 15.6 Å². The highest BCUT2D eigenvalue weighted by atomic mass is 32.1. The number of anilines is 2. The number of nitrogens with zero attached hydrogens (tertiary/aromatic N) is 1. The fourth-order valence-corrected chi connectivity index (χ4v) is 2.67. The molecular formula is C14H10FN3O2S. The van der Waals surface area contributed by atoms with Crippen LogP contribution in [0.5, 0.6) is 5.75 Å². The van der Waals surface area contributed by atoms with Gasteiger partial charge in [-0.3, -0.25) is 5.32 Å². The summed E-state index contributed by atoms with van der Waals surface area (Å²) in [5.74, 6) is -0.379. The van der Waals surface area contributed by atoms with Crippen LogP contribution >= 0.6 is 11.3 Å². The van der Waals surface area contributed by atoms with Crippen LogP contribution in [0.15, 0.2) is 42.5 Å². The minimum absolute atomic E-state index is 0.0914. The molecule has 0 saturated carbocycles. The van der Waals surface area contributed by atoms with Gasteiger partial charge in [0.2, 0.25) is 0 Å². The molecule has 3 rings (SSSR count). The number of para-hydroxylation sites is 1. The van der Waals surface area contributed by atoms with Crippen molar-refractivity contribution in [2.24, 2.45) is 0 Å². The molecule has 0 bridgehead atoms. The fourth-order valence-electron chi connectivity index (χ4n) is 1.78. The lowest BCUT2D eigenvalue weighted by Crippen LogP contribution is -2.19. The number of urea groups is 1. The van der Waals surface area contributed by atoms with Crippen LogP contribution < -0.4 is 10.6 Å². The third-order valence-corrected chi connectivity index (χ3v) is 3.65. The first-order chi connectivity index (χ1) is 10.1. The summed E-state index contributed by atoms with van der Waals surface area (Å²) < 4.78 is 14.2. The van der Waals surface area contributed by atoms with Crippen molar-refractivity contribution in [2.75, 3.05) is 10.6 Å². The molecular weight excluding hydrogens is 293 g/mol. The highest BCUT2D eigenvalue weighted by Crippen LogP contribution is 2.28. The van der Waals surface area contributed by atoms with Crippen LogP contribution in [0.3, 0.4) is 0 Å². The second kappa shape index (κ2) is 5.37. The highest BCUT2D eigenvalue weighted by molar-refractivity contribution is 7.22. The van der Waals surface area contributed by atoms with E-state index in [1.54, 1.807) is 24.3 Å². The van der Waals surface area contributed by atoms with Crippen molar-refractivity contribution in [1.29, 1.82) is 0 Å². The molecule has 2 amide bonds. The maximum absolute atomic E-state index is 13.4. The van der Waals surface area contributed by atoms with E-state index >= 15 is 0 Å². The first kappa shape index (κ1) is 13.3. The van der Waals surface area contributed by atoms with Gasteiger partial charge in [-0.15, -0.1) is 0 Å². The smallest absolute Gasteiger partial charge is 0.325 e. The highest BCUT2D eigenvalue weighted by Gasteiger charge is 2.10. The summed E-state index contributed by atoms with van der Waals surface area (Å²) in [7, 11) is 0. The van der Waals surface area contributed by atoms with Gasteiger partial charge in [0.25, 0.3) is 0 Å². The number of benzene rings is 2. The predicted molar refractivity (Wildman–Crippen MR) is 80.3 cm³/mol. The lowest BCUT2D eigenvalue weighted by Gasteiger charge is -2.05. The Kier molecular flexibility index (Phi) is 3.41. The molecule has 0 unspecified atom stereocenters. The first-order valence-corrected chi connectivity index (χ1v) is 6.85. The quantitative estimate of drug-likeness (QED) is 0.674. The number of amides is 2. The van der Waals surface area contributed by atoms with Crippen molar-refractivity contribution < 1.29 is 14.3 Å². The van der Waals surface area contributed by atoms with Gasteiger partial charge in [0, 0.05) is 0 Å². The Hall–Kier alpha value is -2.67. The number of phenols is 1. The number of aromatic hydroxyl groups is 1. The third-order valence-electron chi connectivity index (χ3n) is 2.71. The van der Waals surface area contributed by atoms with Crippen molar-refractivity contribution in [1.82, 2.24) is 4.98 Å². The van der Waals surface area contributed by atoms with E-state index < -0.39 is 11.8 Å². The van der Waals surface area contributed by atoms with Crippen molar-refractivity contribution in [3.63, 3.8) is 0 Å². The molecule has 0 spiro atoms. The predicted octanol–water partition coefficient (Wildman–Crippen LogP) is 3.79. The van der Waals surface area contributed by atoms with Crippen LogP contribution in [0.1, 0.15) is 0 Å². The third kappa shape index (κ3) is 2.92. The van der Waals surface area contributed by atoms with Gasteiger partial charge in [0.1, 0.15) is 11.6 Å². The molecule has 2 aromatic carbocycles. The van der Waals surface area contributed by atoms with Crippen molar-refractivity contribution >= 4 is 38.4 Å². The van der Waals surface area contributed by atoms with Gasteiger partial charge in [-0.2, -0.15) is 0 Å². The number of hydrogen-bond acceptors (Lipinski definition) is 4. The molecule has 5 nitrogen and oxygen atoms in total. The molecule has 7 heteroatoms. The lowest BCUT2D eigenvalue weighted by molar-refractivity contribution is 0.262. The number of carbonyl (C=O) groups is 1. The largest absolute Gasteiger partial charge is 0.508 e. The van der Waals surface area contributed by atoms with Crippen LogP contribution in [0.4, 0.5) is 20.0 Å². The second-order valence-corrected chi connectivity index (χ2v) is 5.26. The molecule has 0 aliphatic rings. The van der Waals surface area contributed by atoms with Gasteiger partial charge in [-0.05, 0) is 30.3 Å². The van der Waals surface area contributed by atoms with Gasteiger partial charge >= 0.3 is 6.03 Å². The summed E-state index contributed by atoms with van der Waals surface area (Å²) in [5.41, 5.74) is 0.757. The molecule has 0 atom stereocenters. The van der Waals surface area contributed by atoms with E-state index in [1.807, 2.05) is 0 Å². The van der Waals surface area contributed by atoms with Gasteiger partial charge < -0.3 is 10.4 Å². The van der Waals surface area contributed by atoms with E-state index in [0.717, 1.165) is 4.70 Å². The first-order valence-electron chi connectivity index (χ1n) is 6.04. The number of hydrogen-bond donors (Lipinski definition) is 3. The molecule has 0 aliphatic carbocycles. The maximum Gasteiger partial charge on any atom is 0.325 e. The summed E-state index contributed by atoms with van der Waals surface area (Å²) in [4.78, 5) is 16.0. The van der Waals surface area contributed by atoms with Crippen molar-refractivity contribution in [3.05, 3.63) is 48.3 Å². The summed E-state index contributed by atoms with van der Waals surface area (Å²) in [6.07, 6.45) is 0. The molecule has 1 aromatic heterocycles. The molecule has 0 aliphatic heterocycles. The Balaban J connectivity index is 1.75. The number of fused-ring (bicyclic) bond motifs is 1. The average molecular weight is 303 g/mol. The monoisotopic (exact) mass is 303 g/mol. The molecule has 0 radical (unpaired) electrons. The molecule has 0 saturated heterocycles. The number of rotatable bonds is 2. The Morgan fingerprint density at radius 1 is 1.19 bits per heavy atom. The molecule has 3 N–H and O–H groups in total. The average Bonchev–Trinajstić information content (AvgIpc) is 2.82. The zero-order valence-corrected chi connectivity index (χ0v) is 11.4. The molecule has 1 heterocycles. The lowest BCUT2D eigenvalue weighted by atomic mass is 10.3. The fraction of sp³-hybridized carbons (Fsp3) is 0. The van der Waals surface area contributed by atoms with Crippen molar-refractivity contribution in [3.8, 4) is 5.75 Å². The van der Waals surface area contributed by atoms with Crippen LogP contribution in [-0.2, 0) is 0 Å². The normalized spacial score (nSPS) is 10.5. The summed E-state index contributed by atoms with van der Waals surface area (Å²) in [6.45, 7) is 0. The number of halogens is 1. The second-order valence-electron chi connectivity index (χ2n) is 4.23. The van der Waals surface area contributed by atoms with E-state index in [9.17, 15) is 14.3 Å². The summed E-state index contributed by atoms with van der Waals surface area (Å²) >= 11 is 1.22. The Morgan fingerprint density at radius 3 is 2.81 bits per heavy atom. The van der Waals surface area contributed by atoms with Gasteiger partial charge in [0.05, 0.1) is 15.9 Å². The van der Waals surface area contributed by atoms with Crippen molar-refractivity contribution in [2.45, 2.75) is 0 Å². The van der Waals surface area contributed by atoms with E-state index in [4.69, 9.17) is 0 Å². The minimum Gasteiger partial charge on any atom is -0.508 e. The van der Waals surface area contributed by atoms with E-state index in [1.165, 1.54) is 29.5 Å². The Morgan fingerprint density at radius 2 is 2.00 bits per heavy atom. The maximum atomic E-state index is 13.4. The Bertz CT molecular complexity index is 819. The number of carbonyl (C=O) groups excluding carboxylic acids is 1. The van der Waals surface area contributed by atoms with E-state index in [-0.39, 0.29) is 11.4 Å². The van der Waals surface area contributed by atoms with Crippen LogP contribution in [0.25, 0.3) is 10.2 Å².